The van der Waals surface area contributed by atoms with Crippen LogP contribution in [0.1, 0.15) is 36.7 Å². The molecule has 0 fully saturated rings. The van der Waals surface area contributed by atoms with Gasteiger partial charge in [-0.25, -0.2) is 4.98 Å². The van der Waals surface area contributed by atoms with E-state index in [-0.39, 0.29) is 12.5 Å². The van der Waals surface area contributed by atoms with Crippen molar-refractivity contribution in [2.75, 3.05) is 13.2 Å². The molecule has 6 heteroatoms. The summed E-state index contributed by atoms with van der Waals surface area (Å²) >= 11 is 7.57. The molecule has 0 aliphatic carbocycles. The monoisotopic (exact) mass is 352 g/mol. The minimum atomic E-state index is -0.182. The van der Waals surface area contributed by atoms with Crippen molar-refractivity contribution in [3.8, 4) is 10.6 Å². The number of rotatable bonds is 8. The molecule has 0 aliphatic rings. The zero-order valence-corrected chi connectivity index (χ0v) is 14.7. The van der Waals surface area contributed by atoms with Gasteiger partial charge in [-0.2, -0.15) is 0 Å². The molecular formula is C17H21ClN2O2S. The third-order valence-corrected chi connectivity index (χ3v) is 4.83. The van der Waals surface area contributed by atoms with Crippen LogP contribution in [-0.2, 0) is 0 Å². The van der Waals surface area contributed by atoms with Gasteiger partial charge >= 0.3 is 0 Å². The molecule has 0 saturated carbocycles. The van der Waals surface area contributed by atoms with Gasteiger partial charge in [0.15, 0.2) is 0 Å². The number of halogens is 1. The number of hydrogen-bond donors (Lipinski definition) is 2. The molecule has 23 heavy (non-hydrogen) atoms. The molecule has 1 atom stereocenters. The van der Waals surface area contributed by atoms with Gasteiger partial charge in [0.05, 0.1) is 5.02 Å². The van der Waals surface area contributed by atoms with Gasteiger partial charge < -0.3 is 10.4 Å². The summed E-state index contributed by atoms with van der Waals surface area (Å²) in [7, 11) is 0. The predicted octanol–water partition coefficient (Wildman–Crippen LogP) is 3.99. The molecule has 0 bridgehead atoms. The maximum atomic E-state index is 12.2. The normalized spacial score (nSPS) is 12.1. The summed E-state index contributed by atoms with van der Waals surface area (Å²) in [4.78, 5) is 16.6. The van der Waals surface area contributed by atoms with E-state index in [1.54, 1.807) is 5.38 Å². The van der Waals surface area contributed by atoms with Crippen LogP contribution in [0, 0.1) is 5.92 Å². The van der Waals surface area contributed by atoms with E-state index in [1.165, 1.54) is 11.3 Å². The third-order valence-electron chi connectivity index (χ3n) is 3.63. The Morgan fingerprint density at radius 1 is 1.39 bits per heavy atom. The quantitative estimate of drug-likeness (QED) is 0.755. The second-order valence-electron chi connectivity index (χ2n) is 5.39. The first kappa shape index (κ1) is 17.9. The predicted molar refractivity (Wildman–Crippen MR) is 95.0 cm³/mol. The lowest BCUT2D eigenvalue weighted by atomic mass is 10.0. The molecule has 1 heterocycles. The van der Waals surface area contributed by atoms with Crippen molar-refractivity contribution in [1.29, 1.82) is 0 Å². The minimum absolute atomic E-state index is 0.147. The summed E-state index contributed by atoms with van der Waals surface area (Å²) in [6, 6.07) is 7.46. The van der Waals surface area contributed by atoms with Crippen LogP contribution in [-0.4, -0.2) is 29.1 Å². The summed E-state index contributed by atoms with van der Waals surface area (Å²) < 4.78 is 0. The zero-order chi connectivity index (χ0) is 16.7. The molecule has 1 amide bonds. The summed E-state index contributed by atoms with van der Waals surface area (Å²) in [6.07, 6.45) is 2.73. The molecule has 2 N–H and O–H groups in total. The summed E-state index contributed by atoms with van der Waals surface area (Å²) in [5.74, 6) is 0.120. The van der Waals surface area contributed by atoms with Crippen molar-refractivity contribution in [2.24, 2.45) is 5.92 Å². The van der Waals surface area contributed by atoms with E-state index in [2.05, 4.69) is 17.2 Å². The second kappa shape index (κ2) is 9.01. The van der Waals surface area contributed by atoms with Crippen LogP contribution >= 0.6 is 22.9 Å². The topological polar surface area (TPSA) is 62.2 Å². The average Bonchev–Trinajstić information content (AvgIpc) is 3.03. The minimum Gasteiger partial charge on any atom is -0.396 e. The molecule has 4 nitrogen and oxygen atoms in total. The number of aliphatic hydroxyl groups excluding tert-OH is 1. The van der Waals surface area contributed by atoms with Gasteiger partial charge in [-0.15, -0.1) is 11.3 Å². The van der Waals surface area contributed by atoms with E-state index in [9.17, 15) is 4.79 Å². The highest BCUT2D eigenvalue weighted by atomic mass is 35.5. The van der Waals surface area contributed by atoms with E-state index >= 15 is 0 Å². The fourth-order valence-electron chi connectivity index (χ4n) is 2.40. The average molecular weight is 353 g/mol. The Hall–Kier alpha value is -1.43. The van der Waals surface area contributed by atoms with Crippen molar-refractivity contribution in [2.45, 2.75) is 26.2 Å². The van der Waals surface area contributed by atoms with Crippen LogP contribution < -0.4 is 5.32 Å². The first-order valence-electron chi connectivity index (χ1n) is 7.75. The van der Waals surface area contributed by atoms with Crippen LogP contribution in [0.5, 0.6) is 0 Å². The van der Waals surface area contributed by atoms with Gasteiger partial charge in [-0.1, -0.05) is 43.1 Å². The van der Waals surface area contributed by atoms with Gasteiger partial charge in [0.1, 0.15) is 10.7 Å². The number of thiazole rings is 1. The first-order chi connectivity index (χ1) is 11.2. The fraction of sp³-hybridized carbons (Fsp3) is 0.412. The van der Waals surface area contributed by atoms with Gasteiger partial charge in [0.25, 0.3) is 5.91 Å². The van der Waals surface area contributed by atoms with Crippen LogP contribution in [0.2, 0.25) is 5.02 Å². The van der Waals surface area contributed by atoms with Crippen LogP contribution in [0.15, 0.2) is 29.6 Å². The molecule has 0 radical (unpaired) electrons. The number of carbonyl (C=O) groups excluding carboxylic acids is 1. The summed E-state index contributed by atoms with van der Waals surface area (Å²) in [6.45, 7) is 2.81. The Morgan fingerprint density at radius 3 is 2.87 bits per heavy atom. The van der Waals surface area contributed by atoms with Crippen molar-refractivity contribution in [3.05, 3.63) is 40.4 Å². The van der Waals surface area contributed by atoms with Crippen molar-refractivity contribution < 1.29 is 9.90 Å². The standard InChI is InChI=1S/C17H21ClN2O2S/c1-2-5-12(8-9-21)10-19-16(22)15-11-23-17(20-15)13-6-3-4-7-14(13)18/h3-4,6-7,11-12,21H,2,5,8-10H2,1H3,(H,19,22)/t12-/m1/s1. The SMILES string of the molecule is CCC[C@H](CCO)CNC(=O)c1csc(-c2ccccc2Cl)n1. The van der Waals surface area contributed by atoms with E-state index in [1.807, 2.05) is 24.3 Å². The number of carbonyl (C=O) groups is 1. The van der Waals surface area contributed by atoms with E-state index in [4.69, 9.17) is 16.7 Å². The first-order valence-corrected chi connectivity index (χ1v) is 9.01. The van der Waals surface area contributed by atoms with Crippen molar-refractivity contribution in [1.82, 2.24) is 10.3 Å². The number of amides is 1. The summed E-state index contributed by atoms with van der Waals surface area (Å²) in [5, 5.41) is 15.1. The Bertz CT molecular complexity index is 639. The second-order valence-corrected chi connectivity index (χ2v) is 6.66. The summed E-state index contributed by atoms with van der Waals surface area (Å²) in [5.41, 5.74) is 1.24. The number of nitrogens with one attached hydrogen (secondary N) is 1. The number of hydrogen-bond acceptors (Lipinski definition) is 4. The van der Waals surface area contributed by atoms with Crippen LogP contribution in [0.3, 0.4) is 0 Å². The molecular weight excluding hydrogens is 332 g/mol. The molecule has 0 unspecified atom stereocenters. The highest BCUT2D eigenvalue weighted by Gasteiger charge is 2.15. The number of benzene rings is 1. The smallest absolute Gasteiger partial charge is 0.270 e. The van der Waals surface area contributed by atoms with E-state index in [0.717, 1.165) is 23.4 Å². The fourth-order valence-corrected chi connectivity index (χ4v) is 3.52. The van der Waals surface area contributed by atoms with E-state index < -0.39 is 0 Å². The van der Waals surface area contributed by atoms with Crippen molar-refractivity contribution in [3.63, 3.8) is 0 Å². The molecule has 0 spiro atoms. The van der Waals surface area contributed by atoms with Gasteiger partial charge in [0.2, 0.25) is 0 Å². The highest BCUT2D eigenvalue weighted by Crippen LogP contribution is 2.30. The maximum absolute atomic E-state index is 12.2. The molecule has 124 valence electrons. The Morgan fingerprint density at radius 2 is 2.17 bits per heavy atom. The molecule has 2 rings (SSSR count). The number of aliphatic hydroxyl groups is 1. The third kappa shape index (κ3) is 5.03. The number of aromatic nitrogens is 1. The molecule has 0 aliphatic heterocycles. The van der Waals surface area contributed by atoms with Crippen LogP contribution in [0.4, 0.5) is 0 Å². The van der Waals surface area contributed by atoms with Gasteiger partial charge in [-0.05, 0) is 24.8 Å². The van der Waals surface area contributed by atoms with Crippen LogP contribution in [0.25, 0.3) is 10.6 Å². The molecule has 1 aromatic carbocycles. The van der Waals surface area contributed by atoms with E-state index in [0.29, 0.717) is 29.6 Å². The Kier molecular flexibility index (Phi) is 7.02. The van der Waals surface area contributed by atoms with Gasteiger partial charge in [0, 0.05) is 24.1 Å². The molecule has 0 saturated heterocycles. The molecule has 2 aromatic rings. The zero-order valence-electron chi connectivity index (χ0n) is 13.1. The lowest BCUT2D eigenvalue weighted by Gasteiger charge is -2.15. The largest absolute Gasteiger partial charge is 0.396 e. The Labute approximate surface area is 145 Å². The van der Waals surface area contributed by atoms with Crippen molar-refractivity contribution >= 4 is 28.8 Å². The Balaban J connectivity index is 2.00. The highest BCUT2D eigenvalue weighted by molar-refractivity contribution is 7.13. The van der Waals surface area contributed by atoms with Gasteiger partial charge in [-0.3, -0.25) is 4.79 Å². The maximum Gasteiger partial charge on any atom is 0.270 e. The lowest BCUT2D eigenvalue weighted by Crippen LogP contribution is -2.30. The molecule has 1 aromatic heterocycles. The lowest BCUT2D eigenvalue weighted by molar-refractivity contribution is 0.0938. The number of nitrogens with zero attached hydrogens (tertiary/aromatic N) is 1.